The predicted molar refractivity (Wildman–Crippen MR) is 63.9 cm³/mol. The monoisotopic (exact) mass is 284 g/mol. The van der Waals surface area contributed by atoms with E-state index in [-0.39, 0.29) is 20.7 Å². The van der Waals surface area contributed by atoms with E-state index in [0.717, 1.165) is 5.56 Å². The third-order valence-electron chi connectivity index (χ3n) is 1.83. The molecular formula is C10H9IN2. The van der Waals surface area contributed by atoms with Gasteiger partial charge in [0.1, 0.15) is 0 Å². The third kappa shape index (κ3) is 1.70. The molecule has 2 nitrogen and oxygen atoms in total. The second kappa shape index (κ2) is 3.83. The maximum atomic E-state index is 4.01. The molecule has 0 bridgehead atoms. The first kappa shape index (κ1) is 8.62. The van der Waals surface area contributed by atoms with Crippen LogP contribution in [0.5, 0.6) is 0 Å². The summed E-state index contributed by atoms with van der Waals surface area (Å²) >= 11 is -0.111. The quantitative estimate of drug-likeness (QED) is 0.844. The van der Waals surface area contributed by atoms with Gasteiger partial charge in [-0.15, -0.1) is 0 Å². The van der Waals surface area contributed by atoms with Crippen LogP contribution < -0.4 is 0 Å². The summed E-state index contributed by atoms with van der Waals surface area (Å²) < 4.78 is 5.37. The summed E-state index contributed by atoms with van der Waals surface area (Å²) in [6.45, 7) is 0. The number of benzene rings is 1. The molecule has 0 saturated carbocycles. The topological polar surface area (TPSA) is 28.7 Å². The van der Waals surface area contributed by atoms with Gasteiger partial charge in [-0.2, -0.15) is 5.10 Å². The lowest BCUT2D eigenvalue weighted by Crippen LogP contribution is -1.79. The van der Waals surface area contributed by atoms with Gasteiger partial charge in [0, 0.05) is 15.3 Å². The van der Waals surface area contributed by atoms with Gasteiger partial charge in [-0.25, -0.2) is 0 Å². The van der Waals surface area contributed by atoms with Crippen molar-refractivity contribution in [3.8, 4) is 11.1 Å². The van der Waals surface area contributed by atoms with Crippen molar-refractivity contribution in [1.29, 1.82) is 0 Å². The lowest BCUT2D eigenvalue weighted by molar-refractivity contribution is 1.09. The van der Waals surface area contributed by atoms with Gasteiger partial charge < -0.3 is 0 Å². The molecule has 0 aliphatic rings. The Balaban J connectivity index is 2.57. The first-order valence-corrected chi connectivity index (χ1v) is 6.49. The normalized spacial score (nSPS) is 10.2. The van der Waals surface area contributed by atoms with Crippen molar-refractivity contribution in [3.63, 3.8) is 0 Å². The van der Waals surface area contributed by atoms with E-state index >= 15 is 0 Å². The fourth-order valence-corrected chi connectivity index (χ4v) is 2.57. The molecule has 0 aliphatic carbocycles. The van der Waals surface area contributed by atoms with Crippen molar-refractivity contribution in [2.24, 2.45) is 0 Å². The van der Waals surface area contributed by atoms with Gasteiger partial charge in [0.2, 0.25) is 0 Å². The number of hydrogen-bond donors (Lipinski definition) is 1. The van der Waals surface area contributed by atoms with E-state index in [1.165, 1.54) is 9.13 Å². The Morgan fingerprint density at radius 1 is 1.31 bits per heavy atom. The van der Waals surface area contributed by atoms with Crippen LogP contribution in [0.2, 0.25) is 0 Å². The minimum atomic E-state index is -0.111. The second-order valence-corrected chi connectivity index (χ2v) is 4.53. The fraction of sp³-hybridized carbons (Fsp3) is 0. The van der Waals surface area contributed by atoms with Crippen LogP contribution in [0.4, 0.5) is 0 Å². The van der Waals surface area contributed by atoms with Gasteiger partial charge in [-0.1, -0.05) is 43.4 Å². The molecule has 1 N–H and O–H groups in total. The molecule has 3 heteroatoms. The molecular weight excluding hydrogens is 275 g/mol. The average Bonchev–Trinajstić information content (AvgIpc) is 2.70. The fourth-order valence-electron chi connectivity index (χ4n) is 1.21. The summed E-state index contributed by atoms with van der Waals surface area (Å²) in [4.78, 5) is 0. The smallest absolute Gasteiger partial charge is 0.0566 e. The summed E-state index contributed by atoms with van der Waals surface area (Å²) in [5, 5.41) is 6.76. The van der Waals surface area contributed by atoms with Crippen LogP contribution in [0, 0.1) is 3.57 Å². The van der Waals surface area contributed by atoms with E-state index in [0.29, 0.717) is 0 Å². The number of hydrogen-bond acceptors (Lipinski definition) is 1. The molecule has 0 fully saturated rings. The zero-order chi connectivity index (χ0) is 9.10. The van der Waals surface area contributed by atoms with Crippen LogP contribution in [0.3, 0.4) is 0 Å². The van der Waals surface area contributed by atoms with Gasteiger partial charge in [-0.05, 0) is 11.6 Å². The Kier molecular flexibility index (Phi) is 2.54. The number of halogens is 1. The minimum Gasteiger partial charge on any atom is -0.285 e. The highest BCUT2D eigenvalue weighted by atomic mass is 127. The largest absolute Gasteiger partial charge is 0.285 e. The van der Waals surface area contributed by atoms with Crippen LogP contribution in [0.15, 0.2) is 36.7 Å². The molecule has 0 atom stereocenters. The van der Waals surface area contributed by atoms with Crippen molar-refractivity contribution in [1.82, 2.24) is 10.2 Å². The molecule has 66 valence electrons. The molecule has 1 aromatic carbocycles. The average molecular weight is 284 g/mol. The molecule has 0 spiro atoms. The molecule has 0 saturated heterocycles. The van der Waals surface area contributed by atoms with Crippen LogP contribution in [0.1, 0.15) is 0 Å². The van der Waals surface area contributed by atoms with E-state index in [2.05, 4.69) is 32.9 Å². The lowest BCUT2D eigenvalue weighted by Gasteiger charge is -2.00. The van der Waals surface area contributed by atoms with E-state index in [1.54, 1.807) is 0 Å². The van der Waals surface area contributed by atoms with Crippen molar-refractivity contribution in [2.75, 3.05) is 0 Å². The van der Waals surface area contributed by atoms with E-state index in [9.17, 15) is 0 Å². The van der Waals surface area contributed by atoms with Gasteiger partial charge >= 0.3 is 0 Å². The Hall–Kier alpha value is -0.970. The molecule has 2 rings (SSSR count). The number of rotatable bonds is 2. The zero-order valence-electron chi connectivity index (χ0n) is 7.00. The maximum absolute atomic E-state index is 4.01. The molecule has 0 aliphatic heterocycles. The summed E-state index contributed by atoms with van der Waals surface area (Å²) in [5.41, 5.74) is 2.41. The second-order valence-electron chi connectivity index (χ2n) is 2.60. The van der Waals surface area contributed by atoms with Gasteiger partial charge in [-0.3, -0.25) is 5.10 Å². The summed E-state index contributed by atoms with van der Waals surface area (Å²) in [6, 6.07) is 8.36. The van der Waals surface area contributed by atoms with Crippen LogP contribution >= 0.6 is 20.7 Å². The SMILES string of the molecule is C=Ic1ccccc1-c1cn[nH]c1. The van der Waals surface area contributed by atoms with Crippen molar-refractivity contribution in [2.45, 2.75) is 0 Å². The molecule has 1 heterocycles. The van der Waals surface area contributed by atoms with Crippen molar-refractivity contribution >= 4 is 25.2 Å². The van der Waals surface area contributed by atoms with Gasteiger partial charge in [0.25, 0.3) is 0 Å². The Bertz CT molecular complexity index is 407. The molecule has 0 amide bonds. The summed E-state index contributed by atoms with van der Waals surface area (Å²) in [6.07, 6.45) is 3.76. The molecule has 0 radical (unpaired) electrons. The van der Waals surface area contributed by atoms with Gasteiger partial charge in [0.15, 0.2) is 0 Å². The third-order valence-corrected chi connectivity index (χ3v) is 3.59. The van der Waals surface area contributed by atoms with E-state index in [1.807, 2.05) is 18.5 Å². The number of aromatic nitrogens is 2. The highest BCUT2D eigenvalue weighted by Gasteiger charge is 2.01. The van der Waals surface area contributed by atoms with E-state index < -0.39 is 0 Å². The highest BCUT2D eigenvalue weighted by molar-refractivity contribution is 14.2. The molecule has 1 aromatic heterocycles. The first-order valence-electron chi connectivity index (χ1n) is 3.88. The Morgan fingerprint density at radius 3 is 2.85 bits per heavy atom. The highest BCUT2D eigenvalue weighted by Crippen LogP contribution is 2.25. The number of aromatic amines is 1. The predicted octanol–water partition coefficient (Wildman–Crippen LogP) is 2.65. The van der Waals surface area contributed by atoms with Gasteiger partial charge in [0.05, 0.1) is 6.20 Å². The van der Waals surface area contributed by atoms with E-state index in [4.69, 9.17) is 0 Å². The summed E-state index contributed by atoms with van der Waals surface area (Å²) in [5.74, 6) is 0. The van der Waals surface area contributed by atoms with Crippen LogP contribution in [-0.4, -0.2) is 14.7 Å². The standard InChI is InChI=1S/C10H9IN2/c1-11-10-5-3-2-4-9(10)8-6-12-13-7-8/h2-7H,1H2,(H,12,13). The number of nitrogens with one attached hydrogen (secondary N) is 1. The lowest BCUT2D eigenvalue weighted by atomic mass is 10.1. The summed E-state index contributed by atoms with van der Waals surface area (Å²) in [7, 11) is 0. The maximum Gasteiger partial charge on any atom is 0.0566 e. The van der Waals surface area contributed by atoms with Crippen LogP contribution in [-0.2, 0) is 0 Å². The number of H-pyrrole nitrogens is 1. The minimum absolute atomic E-state index is 0.111. The Labute approximate surface area is 86.7 Å². The molecule has 2 aromatic rings. The number of nitrogens with zero attached hydrogens (tertiary/aromatic N) is 1. The van der Waals surface area contributed by atoms with Crippen molar-refractivity contribution in [3.05, 3.63) is 40.2 Å². The molecule has 13 heavy (non-hydrogen) atoms. The molecule has 0 unspecified atom stereocenters. The zero-order valence-corrected chi connectivity index (χ0v) is 9.15. The Morgan fingerprint density at radius 2 is 2.15 bits per heavy atom. The first-order chi connectivity index (χ1) is 6.42. The van der Waals surface area contributed by atoms with Crippen LogP contribution in [0.25, 0.3) is 11.1 Å². The van der Waals surface area contributed by atoms with Crippen molar-refractivity contribution < 1.29 is 0 Å².